The van der Waals surface area contributed by atoms with E-state index in [4.69, 9.17) is 21.4 Å². The molecule has 4 nitrogen and oxygen atoms in total. The van der Waals surface area contributed by atoms with Crippen LogP contribution in [0.3, 0.4) is 0 Å². The summed E-state index contributed by atoms with van der Waals surface area (Å²) in [6, 6.07) is 1.50. The minimum absolute atomic E-state index is 0.0730. The Bertz CT molecular complexity index is 483. The van der Waals surface area contributed by atoms with Crippen LogP contribution in [-0.2, 0) is 4.74 Å². The Morgan fingerprint density at radius 3 is 2.82 bits per heavy atom. The monoisotopic (exact) mass is 253 g/mol. The van der Waals surface area contributed by atoms with Crippen molar-refractivity contribution in [3.8, 4) is 0 Å². The first-order valence-electron chi connectivity index (χ1n) is 4.89. The highest BCUT2D eigenvalue weighted by atomic mass is 35.5. The topological polar surface area (TPSA) is 59.4 Å². The molecule has 0 bridgehead atoms. The first-order chi connectivity index (χ1) is 8.01. The van der Waals surface area contributed by atoms with E-state index in [1.165, 1.54) is 12.1 Å². The Morgan fingerprint density at radius 2 is 2.35 bits per heavy atom. The van der Waals surface area contributed by atoms with Gasteiger partial charge in [0.2, 0.25) is 0 Å². The number of carboxylic acids is 1. The number of pyridine rings is 1. The number of aromatic nitrogens is 1. The Hall–Kier alpha value is -1.81. The number of carbonyl (C=O) groups is 1. The van der Waals surface area contributed by atoms with Crippen LogP contribution in [0.4, 0.5) is 0 Å². The third-order valence-corrected chi connectivity index (χ3v) is 2.25. The van der Waals surface area contributed by atoms with Gasteiger partial charge in [-0.15, -0.1) is 0 Å². The zero-order chi connectivity index (χ0) is 13.0. The number of hydrogen-bond donors (Lipinski definition) is 1. The van der Waals surface area contributed by atoms with Crippen molar-refractivity contribution in [2.75, 3.05) is 6.61 Å². The lowest BCUT2D eigenvalue weighted by molar-refractivity contribution is 0.0690. The van der Waals surface area contributed by atoms with Crippen molar-refractivity contribution in [2.24, 2.45) is 0 Å². The summed E-state index contributed by atoms with van der Waals surface area (Å²) in [4.78, 5) is 14.8. The lowest BCUT2D eigenvalue weighted by Crippen LogP contribution is -2.07. The summed E-state index contributed by atoms with van der Waals surface area (Å²) in [5.41, 5.74) is 0.669. The van der Waals surface area contributed by atoms with E-state index in [2.05, 4.69) is 18.1 Å². The van der Waals surface area contributed by atoms with Gasteiger partial charge in [-0.25, -0.2) is 9.78 Å². The largest absolute Gasteiger partial charge is 0.494 e. The molecule has 0 aliphatic rings. The molecule has 90 valence electrons. The van der Waals surface area contributed by atoms with Crippen LogP contribution >= 0.6 is 11.6 Å². The van der Waals surface area contributed by atoms with Crippen LogP contribution in [0.2, 0.25) is 5.15 Å². The van der Waals surface area contributed by atoms with E-state index in [9.17, 15) is 4.79 Å². The molecular weight excluding hydrogens is 242 g/mol. The van der Waals surface area contributed by atoms with Crippen LogP contribution in [-0.4, -0.2) is 22.7 Å². The minimum atomic E-state index is -1.17. The molecule has 0 radical (unpaired) electrons. The highest BCUT2D eigenvalue weighted by Gasteiger charge is 2.17. The van der Waals surface area contributed by atoms with Gasteiger partial charge in [-0.2, -0.15) is 0 Å². The third-order valence-electron chi connectivity index (χ3n) is 2.05. The average molecular weight is 254 g/mol. The second kappa shape index (κ2) is 5.50. The third kappa shape index (κ3) is 2.85. The number of nitrogens with zero attached hydrogens (tertiary/aromatic N) is 1. The molecule has 1 aromatic heterocycles. The smallest absolute Gasteiger partial charge is 0.355 e. The number of ether oxygens (including phenoxy) is 1. The summed E-state index contributed by atoms with van der Waals surface area (Å²) >= 11 is 5.76. The Kier molecular flexibility index (Phi) is 4.29. The van der Waals surface area contributed by atoms with Gasteiger partial charge in [-0.1, -0.05) is 30.8 Å². The lowest BCUT2D eigenvalue weighted by Gasteiger charge is -2.12. The fourth-order valence-electron chi connectivity index (χ4n) is 1.38. The molecule has 0 saturated heterocycles. The van der Waals surface area contributed by atoms with E-state index in [-0.39, 0.29) is 10.8 Å². The molecule has 0 aliphatic heterocycles. The second-order valence-corrected chi connectivity index (χ2v) is 3.51. The maximum absolute atomic E-state index is 11.0. The predicted octanol–water partition coefficient (Wildman–Crippen LogP) is 3.08. The molecule has 0 unspecified atom stereocenters. The molecular formula is C12H12ClNO3. The van der Waals surface area contributed by atoms with Crippen molar-refractivity contribution in [2.45, 2.75) is 6.92 Å². The van der Waals surface area contributed by atoms with Crippen LogP contribution in [0.1, 0.15) is 28.5 Å². The fraction of sp³-hybridized carbons (Fsp3) is 0.167. The summed E-state index contributed by atoms with van der Waals surface area (Å²) in [5.74, 6) is -0.831. The second-order valence-electron chi connectivity index (χ2n) is 3.12. The minimum Gasteiger partial charge on any atom is -0.494 e. The van der Waals surface area contributed by atoms with Gasteiger partial charge in [0.25, 0.3) is 0 Å². The van der Waals surface area contributed by atoms with E-state index in [1.807, 2.05) is 0 Å². The van der Waals surface area contributed by atoms with Crippen LogP contribution < -0.4 is 0 Å². The molecule has 1 rings (SSSR count). The molecule has 0 atom stereocenters. The summed E-state index contributed by atoms with van der Waals surface area (Å²) in [6.45, 7) is 9.51. The van der Waals surface area contributed by atoms with E-state index in [0.717, 1.165) is 0 Å². The van der Waals surface area contributed by atoms with E-state index in [0.29, 0.717) is 23.5 Å². The summed E-state index contributed by atoms with van der Waals surface area (Å²) in [5, 5.41) is 9.09. The molecule has 0 amide bonds. The first kappa shape index (κ1) is 13.3. The van der Waals surface area contributed by atoms with Gasteiger partial charge in [0, 0.05) is 11.1 Å². The zero-order valence-electron chi connectivity index (χ0n) is 9.36. The molecule has 1 aromatic rings. The van der Waals surface area contributed by atoms with Gasteiger partial charge in [0.1, 0.15) is 10.9 Å². The molecule has 0 aromatic carbocycles. The van der Waals surface area contributed by atoms with Crippen molar-refractivity contribution in [1.29, 1.82) is 0 Å². The van der Waals surface area contributed by atoms with Gasteiger partial charge < -0.3 is 9.84 Å². The predicted molar refractivity (Wildman–Crippen MR) is 67.0 cm³/mol. The normalized spacial score (nSPS) is 9.76. The molecule has 5 heteroatoms. The van der Waals surface area contributed by atoms with Crippen LogP contribution in [0.5, 0.6) is 0 Å². The maximum Gasteiger partial charge on any atom is 0.355 e. The number of halogens is 1. The molecule has 0 aliphatic carbocycles. The van der Waals surface area contributed by atoms with Crippen molar-refractivity contribution in [1.82, 2.24) is 4.98 Å². The number of carboxylic acid groups (broad SMARTS) is 1. The Balaban J connectivity index is 3.43. The standard InChI is InChI=1S/C12H12ClNO3/c1-4-8-9(7(3)17-5-2)6-10(13)14-11(8)12(15)16/h4,6H,1,3,5H2,2H3,(H,15,16). The number of rotatable bonds is 5. The first-order valence-corrected chi connectivity index (χ1v) is 5.27. The van der Waals surface area contributed by atoms with E-state index in [1.54, 1.807) is 6.92 Å². The number of hydrogen-bond acceptors (Lipinski definition) is 3. The summed E-state index contributed by atoms with van der Waals surface area (Å²) in [7, 11) is 0. The SMILES string of the molecule is C=Cc1c(C(=C)OCC)cc(Cl)nc1C(=O)O. The van der Waals surface area contributed by atoms with Crippen molar-refractivity contribution in [3.63, 3.8) is 0 Å². The van der Waals surface area contributed by atoms with E-state index >= 15 is 0 Å². The molecule has 1 heterocycles. The van der Waals surface area contributed by atoms with Gasteiger partial charge in [0.15, 0.2) is 5.69 Å². The fourth-order valence-corrected chi connectivity index (χ4v) is 1.57. The molecule has 0 spiro atoms. The van der Waals surface area contributed by atoms with Crippen molar-refractivity contribution >= 4 is 29.4 Å². The Morgan fingerprint density at radius 1 is 1.71 bits per heavy atom. The zero-order valence-corrected chi connectivity index (χ0v) is 10.1. The van der Waals surface area contributed by atoms with Crippen molar-refractivity contribution < 1.29 is 14.6 Å². The quantitative estimate of drug-likeness (QED) is 0.647. The summed E-state index contributed by atoms with van der Waals surface area (Å²) < 4.78 is 5.24. The molecule has 17 heavy (non-hydrogen) atoms. The maximum atomic E-state index is 11.0. The lowest BCUT2D eigenvalue weighted by atomic mass is 10.1. The van der Waals surface area contributed by atoms with Gasteiger partial charge in [-0.05, 0) is 13.0 Å². The molecule has 0 fully saturated rings. The van der Waals surface area contributed by atoms with Gasteiger partial charge >= 0.3 is 5.97 Å². The highest BCUT2D eigenvalue weighted by Crippen LogP contribution is 2.25. The van der Waals surface area contributed by atoms with Crippen LogP contribution in [0.15, 0.2) is 19.2 Å². The summed E-state index contributed by atoms with van der Waals surface area (Å²) in [6.07, 6.45) is 1.40. The van der Waals surface area contributed by atoms with Gasteiger partial charge in [-0.3, -0.25) is 0 Å². The van der Waals surface area contributed by atoms with Gasteiger partial charge in [0.05, 0.1) is 6.61 Å². The Labute approximate surface area is 104 Å². The van der Waals surface area contributed by atoms with Crippen molar-refractivity contribution in [3.05, 3.63) is 41.2 Å². The highest BCUT2D eigenvalue weighted by molar-refractivity contribution is 6.29. The van der Waals surface area contributed by atoms with Crippen LogP contribution in [0, 0.1) is 0 Å². The average Bonchev–Trinajstić information content (AvgIpc) is 2.28. The number of aromatic carboxylic acids is 1. The molecule has 0 saturated carbocycles. The van der Waals surface area contributed by atoms with Crippen LogP contribution in [0.25, 0.3) is 11.8 Å². The molecule has 1 N–H and O–H groups in total. The van der Waals surface area contributed by atoms with E-state index < -0.39 is 5.97 Å².